The van der Waals surface area contributed by atoms with Gasteiger partial charge in [-0.1, -0.05) is 0 Å². The molecule has 0 bridgehead atoms. The fourth-order valence-corrected chi connectivity index (χ4v) is 1.21. The fourth-order valence-electron chi connectivity index (χ4n) is 1.21. The number of pyridine rings is 1. The average molecular weight is 214 g/mol. The molecular formula is C10H15FN2O2. The first-order valence-corrected chi connectivity index (χ1v) is 4.77. The van der Waals surface area contributed by atoms with Crippen molar-refractivity contribution in [3.8, 4) is 0 Å². The molecule has 0 aromatic carbocycles. The first-order valence-electron chi connectivity index (χ1n) is 4.77. The van der Waals surface area contributed by atoms with Crippen molar-refractivity contribution in [2.75, 3.05) is 13.6 Å². The molecule has 15 heavy (non-hydrogen) atoms. The highest BCUT2D eigenvalue weighted by atomic mass is 19.1. The lowest BCUT2D eigenvalue weighted by Crippen LogP contribution is -2.23. The quantitative estimate of drug-likeness (QED) is 0.656. The third-order valence-electron chi connectivity index (χ3n) is 2.11. The Labute approximate surface area is 87.8 Å². The van der Waals surface area contributed by atoms with Gasteiger partial charge >= 0.3 is 0 Å². The molecule has 0 aliphatic rings. The van der Waals surface area contributed by atoms with Crippen LogP contribution in [0.25, 0.3) is 0 Å². The largest absolute Gasteiger partial charge is 0.390 e. The fraction of sp³-hybridized carbons (Fsp3) is 0.500. The summed E-state index contributed by atoms with van der Waals surface area (Å²) in [6.07, 6.45) is -0.533. The Morgan fingerprint density at radius 2 is 2.20 bits per heavy atom. The summed E-state index contributed by atoms with van der Waals surface area (Å²) in [5.74, 6) is -0.462. The van der Waals surface area contributed by atoms with E-state index in [1.165, 1.54) is 12.1 Å². The molecule has 1 aromatic heterocycles. The molecule has 0 saturated carbocycles. The van der Waals surface area contributed by atoms with Crippen molar-refractivity contribution >= 4 is 0 Å². The van der Waals surface area contributed by atoms with Gasteiger partial charge in [-0.15, -0.1) is 0 Å². The molecule has 5 heteroatoms. The highest BCUT2D eigenvalue weighted by Gasteiger charge is 2.18. The van der Waals surface area contributed by atoms with E-state index in [4.69, 9.17) is 0 Å². The number of aliphatic hydroxyl groups is 2. The van der Waals surface area contributed by atoms with Crippen molar-refractivity contribution in [3.63, 3.8) is 0 Å². The third kappa shape index (κ3) is 3.54. The summed E-state index contributed by atoms with van der Waals surface area (Å²) >= 11 is 0. The summed E-state index contributed by atoms with van der Waals surface area (Å²) in [6, 6.07) is 2.57. The van der Waals surface area contributed by atoms with Crippen LogP contribution in [0.1, 0.15) is 18.2 Å². The van der Waals surface area contributed by atoms with Crippen LogP contribution < -0.4 is 5.32 Å². The van der Waals surface area contributed by atoms with Gasteiger partial charge in [0, 0.05) is 0 Å². The van der Waals surface area contributed by atoms with E-state index in [0.717, 1.165) is 6.20 Å². The van der Waals surface area contributed by atoms with Crippen molar-refractivity contribution in [1.82, 2.24) is 10.3 Å². The molecule has 84 valence electrons. The molecule has 0 saturated heterocycles. The standard InChI is InChI=1S/C10H15FN2O2/c1-12-5-4-9(14)10(15)8-3-2-7(11)6-13-8/h2-3,6,9-10,12,14-15H,4-5H2,1H3. The lowest BCUT2D eigenvalue weighted by atomic mass is 10.1. The zero-order valence-electron chi connectivity index (χ0n) is 8.52. The highest BCUT2D eigenvalue weighted by Crippen LogP contribution is 2.16. The van der Waals surface area contributed by atoms with Gasteiger partial charge in [-0.25, -0.2) is 4.39 Å². The Morgan fingerprint density at radius 1 is 1.47 bits per heavy atom. The van der Waals surface area contributed by atoms with E-state index >= 15 is 0 Å². The van der Waals surface area contributed by atoms with E-state index in [2.05, 4.69) is 10.3 Å². The van der Waals surface area contributed by atoms with Gasteiger partial charge in [0.2, 0.25) is 0 Å². The SMILES string of the molecule is CNCCC(O)C(O)c1ccc(F)cn1. The summed E-state index contributed by atoms with van der Waals surface area (Å²) in [5, 5.41) is 22.1. The van der Waals surface area contributed by atoms with Crippen LogP contribution in [0, 0.1) is 5.82 Å². The predicted molar refractivity (Wildman–Crippen MR) is 53.7 cm³/mol. The number of halogens is 1. The minimum absolute atomic E-state index is 0.278. The maximum atomic E-state index is 12.5. The molecule has 4 nitrogen and oxygen atoms in total. The van der Waals surface area contributed by atoms with E-state index in [9.17, 15) is 14.6 Å². The normalized spacial score (nSPS) is 14.9. The maximum Gasteiger partial charge on any atom is 0.141 e. The van der Waals surface area contributed by atoms with Crippen LogP contribution in [0.4, 0.5) is 4.39 Å². The Bertz CT molecular complexity index is 292. The molecule has 0 fully saturated rings. The van der Waals surface area contributed by atoms with Crippen LogP contribution >= 0.6 is 0 Å². The van der Waals surface area contributed by atoms with Crippen LogP contribution in [-0.4, -0.2) is 34.9 Å². The van der Waals surface area contributed by atoms with Crippen molar-refractivity contribution in [1.29, 1.82) is 0 Å². The maximum absolute atomic E-state index is 12.5. The van der Waals surface area contributed by atoms with Crippen LogP contribution in [0.5, 0.6) is 0 Å². The first-order chi connectivity index (χ1) is 7.15. The monoisotopic (exact) mass is 214 g/mol. The van der Waals surface area contributed by atoms with Crippen molar-refractivity contribution in [3.05, 3.63) is 29.8 Å². The average Bonchev–Trinajstić information content (AvgIpc) is 2.26. The minimum atomic E-state index is -1.07. The first kappa shape index (κ1) is 12.0. The van der Waals surface area contributed by atoms with E-state index < -0.39 is 18.0 Å². The zero-order chi connectivity index (χ0) is 11.3. The van der Waals surface area contributed by atoms with Crippen molar-refractivity contribution in [2.45, 2.75) is 18.6 Å². The predicted octanol–water partition coefficient (Wildman–Crippen LogP) is 0.225. The van der Waals surface area contributed by atoms with Crippen LogP contribution in [0.2, 0.25) is 0 Å². The molecule has 0 aliphatic heterocycles. The third-order valence-corrected chi connectivity index (χ3v) is 2.11. The molecule has 0 amide bonds. The van der Waals surface area contributed by atoms with Gasteiger partial charge in [0.15, 0.2) is 0 Å². The van der Waals surface area contributed by atoms with Gasteiger partial charge in [-0.3, -0.25) is 4.98 Å². The second-order valence-electron chi connectivity index (χ2n) is 3.31. The van der Waals surface area contributed by atoms with Crippen LogP contribution in [-0.2, 0) is 0 Å². The molecule has 2 atom stereocenters. The molecule has 1 heterocycles. The molecular weight excluding hydrogens is 199 g/mol. The lowest BCUT2D eigenvalue weighted by Gasteiger charge is -2.16. The minimum Gasteiger partial charge on any atom is -0.390 e. The zero-order valence-corrected chi connectivity index (χ0v) is 8.52. The van der Waals surface area contributed by atoms with E-state index in [0.29, 0.717) is 13.0 Å². The number of aromatic nitrogens is 1. The molecule has 2 unspecified atom stereocenters. The van der Waals surface area contributed by atoms with Gasteiger partial charge < -0.3 is 15.5 Å². The van der Waals surface area contributed by atoms with E-state index in [1.807, 2.05) is 0 Å². The van der Waals surface area contributed by atoms with Gasteiger partial charge in [0.05, 0.1) is 18.0 Å². The molecule has 3 N–H and O–H groups in total. The summed E-state index contributed by atoms with van der Waals surface area (Å²) in [4.78, 5) is 3.70. The Morgan fingerprint density at radius 3 is 2.73 bits per heavy atom. The number of hydrogen-bond donors (Lipinski definition) is 3. The van der Waals surface area contributed by atoms with Gasteiger partial charge in [-0.05, 0) is 32.1 Å². The van der Waals surface area contributed by atoms with Gasteiger partial charge in [0.25, 0.3) is 0 Å². The van der Waals surface area contributed by atoms with Crippen molar-refractivity contribution in [2.24, 2.45) is 0 Å². The second-order valence-corrected chi connectivity index (χ2v) is 3.31. The van der Waals surface area contributed by atoms with E-state index in [1.54, 1.807) is 7.05 Å². The Balaban J connectivity index is 2.59. The van der Waals surface area contributed by atoms with Crippen molar-refractivity contribution < 1.29 is 14.6 Å². The lowest BCUT2D eigenvalue weighted by molar-refractivity contribution is 0.0114. The van der Waals surface area contributed by atoms with Gasteiger partial charge in [0.1, 0.15) is 11.9 Å². The number of rotatable bonds is 5. The number of hydrogen-bond acceptors (Lipinski definition) is 4. The summed E-state index contributed by atoms with van der Waals surface area (Å²) < 4.78 is 12.5. The highest BCUT2D eigenvalue weighted by molar-refractivity contribution is 5.09. The molecule has 0 spiro atoms. The molecule has 0 aliphatic carbocycles. The molecule has 1 aromatic rings. The van der Waals surface area contributed by atoms with Crippen LogP contribution in [0.3, 0.4) is 0 Å². The molecule has 1 rings (SSSR count). The number of aliphatic hydroxyl groups excluding tert-OH is 2. The topological polar surface area (TPSA) is 65.4 Å². The summed E-state index contributed by atoms with van der Waals surface area (Å²) in [5.41, 5.74) is 0.278. The van der Waals surface area contributed by atoms with E-state index in [-0.39, 0.29) is 5.69 Å². The van der Waals surface area contributed by atoms with Crippen LogP contribution in [0.15, 0.2) is 18.3 Å². The summed E-state index contributed by atoms with van der Waals surface area (Å²) in [7, 11) is 1.76. The second kappa shape index (κ2) is 5.75. The summed E-state index contributed by atoms with van der Waals surface area (Å²) in [6.45, 7) is 0.597. The Kier molecular flexibility index (Phi) is 4.61. The number of nitrogens with zero attached hydrogens (tertiary/aromatic N) is 1. The van der Waals surface area contributed by atoms with Gasteiger partial charge in [-0.2, -0.15) is 0 Å². The Hall–Kier alpha value is -1.04. The number of nitrogens with one attached hydrogen (secondary N) is 1. The molecule has 0 radical (unpaired) electrons. The smallest absolute Gasteiger partial charge is 0.141 e.